The zero-order chi connectivity index (χ0) is 21.8. The number of aliphatic hydroxyl groups excluding tert-OH is 1. The summed E-state index contributed by atoms with van der Waals surface area (Å²) < 4.78 is 5.68. The van der Waals surface area contributed by atoms with Crippen LogP contribution in [-0.2, 0) is 9.59 Å². The van der Waals surface area contributed by atoms with Crippen LogP contribution in [0.1, 0.15) is 30.0 Å². The van der Waals surface area contributed by atoms with Gasteiger partial charge in [-0.05, 0) is 43.5 Å². The molecule has 1 heterocycles. The third kappa shape index (κ3) is 4.09. The highest BCUT2D eigenvalue weighted by molar-refractivity contribution is 6.45. The van der Waals surface area contributed by atoms with Gasteiger partial charge in [-0.2, -0.15) is 0 Å². The van der Waals surface area contributed by atoms with E-state index >= 15 is 0 Å². The van der Waals surface area contributed by atoms with Gasteiger partial charge in [0.15, 0.2) is 0 Å². The molecule has 1 aliphatic heterocycles. The molecule has 0 atom stereocenters. The van der Waals surface area contributed by atoms with E-state index in [1.54, 1.807) is 36.2 Å². The van der Waals surface area contributed by atoms with Gasteiger partial charge in [-0.1, -0.05) is 36.8 Å². The standard InChI is InChI=1S/C24H28N2O4/c1-5-13-30-19-8-6-7-18(15-19)26-23(28)21(20-10-9-16(2)14-17(20)3)22(24(26)29)25(4)11-12-27/h6-10,14-15,27H,5,11-13H2,1-4H3. The summed E-state index contributed by atoms with van der Waals surface area (Å²) in [4.78, 5) is 29.8. The van der Waals surface area contributed by atoms with Crippen LogP contribution in [0.15, 0.2) is 48.2 Å². The number of imide groups is 1. The number of carbonyl (C=O) groups excluding carboxylic acids is 2. The zero-order valence-electron chi connectivity index (χ0n) is 17.9. The number of ether oxygens (including phenoxy) is 1. The summed E-state index contributed by atoms with van der Waals surface area (Å²) >= 11 is 0. The summed E-state index contributed by atoms with van der Waals surface area (Å²) in [5.41, 5.74) is 3.83. The maximum absolute atomic E-state index is 13.5. The molecule has 0 radical (unpaired) electrons. The predicted octanol–water partition coefficient (Wildman–Crippen LogP) is 3.30. The van der Waals surface area contributed by atoms with E-state index in [2.05, 4.69) is 0 Å². The van der Waals surface area contributed by atoms with Crippen LogP contribution in [0.4, 0.5) is 5.69 Å². The molecule has 2 aromatic carbocycles. The van der Waals surface area contributed by atoms with Crippen LogP contribution in [-0.4, -0.2) is 48.6 Å². The first-order chi connectivity index (χ1) is 14.4. The highest BCUT2D eigenvalue weighted by Gasteiger charge is 2.42. The van der Waals surface area contributed by atoms with Gasteiger partial charge in [0.05, 0.1) is 24.5 Å². The van der Waals surface area contributed by atoms with Gasteiger partial charge >= 0.3 is 0 Å². The summed E-state index contributed by atoms with van der Waals surface area (Å²) in [6.07, 6.45) is 0.861. The minimum absolute atomic E-state index is 0.123. The molecule has 6 heteroatoms. The van der Waals surface area contributed by atoms with Crippen molar-refractivity contribution in [2.45, 2.75) is 27.2 Å². The lowest BCUT2D eigenvalue weighted by molar-refractivity contribution is -0.120. The zero-order valence-corrected chi connectivity index (χ0v) is 17.9. The number of benzene rings is 2. The molecule has 1 aliphatic rings. The molecule has 158 valence electrons. The molecule has 0 aliphatic carbocycles. The predicted molar refractivity (Wildman–Crippen MR) is 117 cm³/mol. The van der Waals surface area contributed by atoms with Crippen LogP contribution < -0.4 is 9.64 Å². The van der Waals surface area contributed by atoms with Crippen LogP contribution in [0.3, 0.4) is 0 Å². The Morgan fingerprint density at radius 2 is 1.83 bits per heavy atom. The van der Waals surface area contributed by atoms with Crippen molar-refractivity contribution in [2.24, 2.45) is 0 Å². The summed E-state index contributed by atoms with van der Waals surface area (Å²) in [6.45, 7) is 6.61. The van der Waals surface area contributed by atoms with E-state index in [1.165, 1.54) is 4.90 Å². The van der Waals surface area contributed by atoms with Gasteiger partial charge in [0.25, 0.3) is 11.8 Å². The van der Waals surface area contributed by atoms with Gasteiger partial charge < -0.3 is 14.7 Å². The molecular weight excluding hydrogens is 380 g/mol. The lowest BCUT2D eigenvalue weighted by atomic mass is 9.97. The molecular formula is C24H28N2O4. The molecule has 0 saturated carbocycles. The minimum Gasteiger partial charge on any atom is -0.494 e. The van der Waals surface area contributed by atoms with E-state index in [0.717, 1.165) is 23.1 Å². The molecule has 2 amide bonds. The number of aryl methyl sites for hydroxylation is 2. The van der Waals surface area contributed by atoms with Crippen molar-refractivity contribution in [3.63, 3.8) is 0 Å². The second-order valence-corrected chi connectivity index (χ2v) is 7.48. The lowest BCUT2D eigenvalue weighted by Crippen LogP contribution is -2.34. The molecule has 6 nitrogen and oxygen atoms in total. The quantitative estimate of drug-likeness (QED) is 0.679. The van der Waals surface area contributed by atoms with Crippen LogP contribution in [0.25, 0.3) is 5.57 Å². The van der Waals surface area contributed by atoms with Crippen molar-refractivity contribution >= 4 is 23.1 Å². The van der Waals surface area contributed by atoms with Crippen molar-refractivity contribution in [3.8, 4) is 5.75 Å². The van der Waals surface area contributed by atoms with Crippen molar-refractivity contribution in [2.75, 3.05) is 31.7 Å². The van der Waals surface area contributed by atoms with E-state index in [0.29, 0.717) is 29.3 Å². The third-order valence-electron chi connectivity index (χ3n) is 5.08. The highest BCUT2D eigenvalue weighted by atomic mass is 16.5. The summed E-state index contributed by atoms with van der Waals surface area (Å²) in [5, 5.41) is 9.41. The van der Waals surface area contributed by atoms with Gasteiger partial charge in [0.2, 0.25) is 0 Å². The number of hydrogen-bond donors (Lipinski definition) is 1. The number of carbonyl (C=O) groups is 2. The first-order valence-electron chi connectivity index (χ1n) is 10.1. The van der Waals surface area contributed by atoms with Crippen molar-refractivity contribution in [1.82, 2.24) is 4.90 Å². The van der Waals surface area contributed by atoms with Gasteiger partial charge in [-0.15, -0.1) is 0 Å². The van der Waals surface area contributed by atoms with Gasteiger partial charge in [-0.25, -0.2) is 4.90 Å². The fourth-order valence-corrected chi connectivity index (χ4v) is 3.64. The molecule has 0 aromatic heterocycles. The SMILES string of the molecule is CCCOc1cccc(N2C(=O)C(c3ccc(C)cc3C)=C(N(C)CCO)C2=O)c1. The minimum atomic E-state index is -0.404. The maximum Gasteiger partial charge on any atom is 0.282 e. The van der Waals surface area contributed by atoms with E-state index < -0.39 is 5.91 Å². The van der Waals surface area contributed by atoms with Crippen LogP contribution in [0.2, 0.25) is 0 Å². The Bertz CT molecular complexity index is 996. The largest absolute Gasteiger partial charge is 0.494 e. The number of hydrogen-bond acceptors (Lipinski definition) is 5. The van der Waals surface area contributed by atoms with Gasteiger partial charge in [0.1, 0.15) is 11.4 Å². The lowest BCUT2D eigenvalue weighted by Gasteiger charge is -2.20. The molecule has 0 fully saturated rings. The highest BCUT2D eigenvalue weighted by Crippen LogP contribution is 2.36. The Kier molecular flexibility index (Phi) is 6.57. The molecule has 3 rings (SSSR count). The number of likely N-dealkylation sites (N-methyl/N-ethyl adjacent to an activating group) is 1. The van der Waals surface area contributed by atoms with E-state index in [1.807, 2.05) is 39.0 Å². The van der Waals surface area contributed by atoms with Crippen molar-refractivity contribution in [3.05, 3.63) is 64.9 Å². The second kappa shape index (κ2) is 9.13. The Balaban J connectivity index is 2.09. The first kappa shape index (κ1) is 21.6. The Hall–Kier alpha value is -3.12. The normalized spacial score (nSPS) is 14.0. The Morgan fingerprint density at radius 1 is 1.07 bits per heavy atom. The molecule has 2 aromatic rings. The topological polar surface area (TPSA) is 70.1 Å². The van der Waals surface area contributed by atoms with E-state index in [-0.39, 0.29) is 19.1 Å². The second-order valence-electron chi connectivity index (χ2n) is 7.48. The molecule has 30 heavy (non-hydrogen) atoms. The molecule has 0 spiro atoms. The number of nitrogens with zero attached hydrogens (tertiary/aromatic N) is 2. The molecule has 0 bridgehead atoms. The maximum atomic E-state index is 13.5. The number of rotatable bonds is 8. The average Bonchev–Trinajstić information content (AvgIpc) is 2.97. The van der Waals surface area contributed by atoms with Crippen LogP contribution in [0, 0.1) is 13.8 Å². The number of amides is 2. The summed E-state index contributed by atoms with van der Waals surface area (Å²) in [5.74, 6) is -0.168. The van der Waals surface area contributed by atoms with Gasteiger partial charge in [0, 0.05) is 19.7 Å². The average molecular weight is 408 g/mol. The number of aliphatic hydroxyl groups is 1. The monoisotopic (exact) mass is 408 g/mol. The third-order valence-corrected chi connectivity index (χ3v) is 5.08. The Labute approximate surface area is 177 Å². The molecule has 0 unspecified atom stereocenters. The molecule has 1 N–H and O–H groups in total. The Morgan fingerprint density at radius 3 is 2.50 bits per heavy atom. The fourth-order valence-electron chi connectivity index (χ4n) is 3.64. The van der Waals surface area contributed by atoms with E-state index in [9.17, 15) is 14.7 Å². The van der Waals surface area contributed by atoms with E-state index in [4.69, 9.17) is 4.74 Å². The summed E-state index contributed by atoms with van der Waals surface area (Å²) in [7, 11) is 1.71. The fraction of sp³-hybridized carbons (Fsp3) is 0.333. The van der Waals surface area contributed by atoms with Crippen molar-refractivity contribution in [1.29, 1.82) is 0 Å². The van der Waals surface area contributed by atoms with Gasteiger partial charge in [-0.3, -0.25) is 9.59 Å². The van der Waals surface area contributed by atoms with Crippen LogP contribution >= 0.6 is 0 Å². The molecule has 0 saturated heterocycles. The summed E-state index contributed by atoms with van der Waals surface area (Å²) in [6, 6.07) is 12.8. The number of anilines is 1. The van der Waals surface area contributed by atoms with Crippen LogP contribution in [0.5, 0.6) is 5.75 Å². The smallest absolute Gasteiger partial charge is 0.282 e. The first-order valence-corrected chi connectivity index (χ1v) is 10.1. The van der Waals surface area contributed by atoms with Crippen molar-refractivity contribution < 1.29 is 19.4 Å².